The molecule has 54 valence electrons. The largest absolute Gasteiger partial charge is 0.316 e. The fourth-order valence-corrected chi connectivity index (χ4v) is 0.779. The molecule has 0 saturated heterocycles. The predicted octanol–water partition coefficient (Wildman–Crippen LogP) is 0.869. The Morgan fingerprint density at radius 1 is 1.60 bits per heavy atom. The van der Waals surface area contributed by atoms with E-state index in [0.29, 0.717) is 6.54 Å². The summed E-state index contributed by atoms with van der Waals surface area (Å²) in [6.45, 7) is 2.32. The first-order valence-electron chi connectivity index (χ1n) is 3.12. The zero-order chi connectivity index (χ0) is 7.40. The van der Waals surface area contributed by atoms with E-state index in [9.17, 15) is 0 Å². The molecule has 0 spiro atoms. The molecule has 0 atom stereocenters. The van der Waals surface area contributed by atoms with E-state index in [1.54, 1.807) is 0 Å². The summed E-state index contributed by atoms with van der Waals surface area (Å²) in [5, 5.41) is 8.32. The molecule has 0 unspecified atom stereocenters. The molecule has 3 heteroatoms. The van der Waals surface area contributed by atoms with E-state index in [1.807, 2.05) is 30.6 Å². The molecule has 0 saturated carbocycles. The molecule has 0 aliphatic heterocycles. The summed E-state index contributed by atoms with van der Waals surface area (Å²) in [6, 6.07) is 5.69. The Morgan fingerprint density at radius 3 is 3.00 bits per heavy atom. The van der Waals surface area contributed by atoms with Crippen molar-refractivity contribution in [1.29, 1.82) is 0 Å². The highest BCUT2D eigenvalue weighted by Crippen LogP contribution is 1.96. The second-order valence-corrected chi connectivity index (χ2v) is 2.11. The van der Waals surface area contributed by atoms with Crippen molar-refractivity contribution < 1.29 is 5.21 Å². The molecule has 1 rings (SSSR count). The fourth-order valence-electron chi connectivity index (χ4n) is 0.779. The van der Waals surface area contributed by atoms with Gasteiger partial charge in [0.2, 0.25) is 0 Å². The van der Waals surface area contributed by atoms with E-state index in [0.717, 1.165) is 11.4 Å². The minimum Gasteiger partial charge on any atom is -0.316 e. The molecule has 1 heterocycles. The molecule has 1 aromatic rings. The molecule has 0 aliphatic rings. The molecule has 0 bridgehead atoms. The Kier molecular flexibility index (Phi) is 2.36. The molecule has 10 heavy (non-hydrogen) atoms. The van der Waals surface area contributed by atoms with Gasteiger partial charge in [0.25, 0.3) is 0 Å². The number of nitrogens with one attached hydrogen (secondary N) is 1. The number of aromatic nitrogens is 1. The maximum atomic E-state index is 8.32. The number of hydrogen-bond acceptors (Lipinski definition) is 3. The van der Waals surface area contributed by atoms with Crippen LogP contribution in [0.2, 0.25) is 0 Å². The van der Waals surface area contributed by atoms with Gasteiger partial charge in [0.1, 0.15) is 0 Å². The van der Waals surface area contributed by atoms with Crippen molar-refractivity contribution in [2.75, 3.05) is 0 Å². The van der Waals surface area contributed by atoms with Crippen LogP contribution in [-0.2, 0) is 6.54 Å². The molecule has 2 N–H and O–H groups in total. The standard InChI is InChI=1S/C7H10N2O/c1-6-3-2-4-7(9-6)5-8-10/h2-4,8,10H,5H2,1H3. The third kappa shape index (κ3) is 1.79. The molecule has 0 radical (unpaired) electrons. The van der Waals surface area contributed by atoms with E-state index in [4.69, 9.17) is 5.21 Å². The Balaban J connectivity index is 2.75. The normalized spacial score (nSPS) is 9.80. The fraction of sp³-hybridized carbons (Fsp3) is 0.286. The summed E-state index contributed by atoms with van der Waals surface area (Å²) in [7, 11) is 0. The number of aryl methyl sites for hydroxylation is 1. The lowest BCUT2D eigenvalue weighted by Gasteiger charge is -1.97. The van der Waals surface area contributed by atoms with Crippen molar-refractivity contribution in [2.24, 2.45) is 0 Å². The second kappa shape index (κ2) is 3.29. The number of hydroxylamine groups is 1. The van der Waals surface area contributed by atoms with Crippen LogP contribution in [-0.4, -0.2) is 10.2 Å². The van der Waals surface area contributed by atoms with Gasteiger partial charge in [-0.25, -0.2) is 0 Å². The van der Waals surface area contributed by atoms with E-state index in [-0.39, 0.29) is 0 Å². The van der Waals surface area contributed by atoms with Crippen LogP contribution >= 0.6 is 0 Å². The number of nitrogens with zero attached hydrogens (tertiary/aromatic N) is 1. The van der Waals surface area contributed by atoms with Gasteiger partial charge < -0.3 is 5.21 Å². The molecular weight excluding hydrogens is 128 g/mol. The van der Waals surface area contributed by atoms with Gasteiger partial charge in [0, 0.05) is 5.69 Å². The summed E-state index contributed by atoms with van der Waals surface area (Å²) in [5.74, 6) is 0. The molecule has 0 aromatic carbocycles. The lowest BCUT2D eigenvalue weighted by Crippen LogP contribution is -2.07. The number of pyridine rings is 1. The Morgan fingerprint density at radius 2 is 2.40 bits per heavy atom. The minimum atomic E-state index is 0.404. The van der Waals surface area contributed by atoms with E-state index < -0.39 is 0 Å². The molecular formula is C7H10N2O. The topological polar surface area (TPSA) is 45.1 Å². The zero-order valence-electron chi connectivity index (χ0n) is 5.83. The van der Waals surface area contributed by atoms with E-state index >= 15 is 0 Å². The van der Waals surface area contributed by atoms with Crippen LogP contribution in [0.1, 0.15) is 11.4 Å². The number of rotatable bonds is 2. The first-order valence-corrected chi connectivity index (χ1v) is 3.12. The van der Waals surface area contributed by atoms with Gasteiger partial charge in [-0.05, 0) is 19.1 Å². The van der Waals surface area contributed by atoms with Crippen LogP contribution in [0.25, 0.3) is 0 Å². The summed E-state index contributed by atoms with van der Waals surface area (Å²) >= 11 is 0. The highest BCUT2D eigenvalue weighted by atomic mass is 16.5. The van der Waals surface area contributed by atoms with Crippen LogP contribution in [0, 0.1) is 6.92 Å². The first-order chi connectivity index (χ1) is 4.83. The minimum absolute atomic E-state index is 0.404. The highest BCUT2D eigenvalue weighted by Gasteiger charge is 1.90. The Bertz CT molecular complexity index is 213. The van der Waals surface area contributed by atoms with Gasteiger partial charge >= 0.3 is 0 Å². The summed E-state index contributed by atoms with van der Waals surface area (Å²) in [4.78, 5) is 4.14. The van der Waals surface area contributed by atoms with Crippen molar-refractivity contribution in [3.05, 3.63) is 29.6 Å². The predicted molar refractivity (Wildman–Crippen MR) is 37.6 cm³/mol. The van der Waals surface area contributed by atoms with E-state index in [2.05, 4.69) is 4.98 Å². The van der Waals surface area contributed by atoms with Gasteiger partial charge in [-0.1, -0.05) is 6.07 Å². The SMILES string of the molecule is Cc1cccc(CNO)n1. The van der Waals surface area contributed by atoms with Crippen molar-refractivity contribution >= 4 is 0 Å². The van der Waals surface area contributed by atoms with Crippen LogP contribution in [0.4, 0.5) is 0 Å². The zero-order valence-corrected chi connectivity index (χ0v) is 5.83. The monoisotopic (exact) mass is 138 g/mol. The molecule has 3 nitrogen and oxygen atoms in total. The van der Waals surface area contributed by atoms with Crippen LogP contribution in [0.15, 0.2) is 18.2 Å². The van der Waals surface area contributed by atoms with Gasteiger partial charge in [-0.3, -0.25) is 4.98 Å². The molecule has 0 fully saturated rings. The highest BCUT2D eigenvalue weighted by molar-refractivity contribution is 5.09. The third-order valence-corrected chi connectivity index (χ3v) is 1.21. The quantitative estimate of drug-likeness (QED) is 0.596. The van der Waals surface area contributed by atoms with Crippen LogP contribution in [0.5, 0.6) is 0 Å². The Labute approximate surface area is 59.7 Å². The molecule has 1 aromatic heterocycles. The number of hydrogen-bond donors (Lipinski definition) is 2. The van der Waals surface area contributed by atoms with Crippen LogP contribution in [0.3, 0.4) is 0 Å². The van der Waals surface area contributed by atoms with Crippen LogP contribution < -0.4 is 5.48 Å². The first kappa shape index (κ1) is 7.18. The summed E-state index contributed by atoms with van der Waals surface area (Å²) in [5.41, 5.74) is 3.86. The van der Waals surface area contributed by atoms with Crippen molar-refractivity contribution in [1.82, 2.24) is 10.5 Å². The molecule has 0 aliphatic carbocycles. The summed E-state index contributed by atoms with van der Waals surface area (Å²) in [6.07, 6.45) is 0. The maximum absolute atomic E-state index is 8.32. The smallest absolute Gasteiger partial charge is 0.0631 e. The van der Waals surface area contributed by atoms with Gasteiger partial charge in [-0.2, -0.15) is 5.48 Å². The third-order valence-electron chi connectivity index (χ3n) is 1.21. The average Bonchev–Trinajstić information content (AvgIpc) is 1.88. The van der Waals surface area contributed by atoms with Gasteiger partial charge in [0.15, 0.2) is 0 Å². The molecule has 0 amide bonds. The van der Waals surface area contributed by atoms with E-state index in [1.165, 1.54) is 0 Å². The summed E-state index contributed by atoms with van der Waals surface area (Å²) < 4.78 is 0. The van der Waals surface area contributed by atoms with Crippen molar-refractivity contribution in [3.63, 3.8) is 0 Å². The Hall–Kier alpha value is -0.930. The maximum Gasteiger partial charge on any atom is 0.0631 e. The average molecular weight is 138 g/mol. The van der Waals surface area contributed by atoms with Gasteiger partial charge in [0.05, 0.1) is 12.2 Å². The second-order valence-electron chi connectivity index (χ2n) is 2.11. The van der Waals surface area contributed by atoms with Crippen molar-refractivity contribution in [2.45, 2.75) is 13.5 Å². The lowest BCUT2D eigenvalue weighted by molar-refractivity contribution is 0.160. The van der Waals surface area contributed by atoms with Gasteiger partial charge in [-0.15, -0.1) is 0 Å². The lowest BCUT2D eigenvalue weighted by atomic mass is 10.3. The van der Waals surface area contributed by atoms with Crippen molar-refractivity contribution in [3.8, 4) is 0 Å².